The Hall–Kier alpha value is -2.57. The molecule has 8 heteroatoms. The molecule has 3 aromatic carbocycles. The minimum absolute atomic E-state index is 0.339. The van der Waals surface area contributed by atoms with Crippen molar-refractivity contribution in [1.29, 1.82) is 0 Å². The fourth-order valence-corrected chi connectivity index (χ4v) is 4.80. The van der Waals surface area contributed by atoms with Crippen molar-refractivity contribution in [2.24, 2.45) is 0 Å². The van der Waals surface area contributed by atoms with Gasteiger partial charge < -0.3 is 10.6 Å². The summed E-state index contributed by atoms with van der Waals surface area (Å²) in [4.78, 5) is 25.6. The summed E-state index contributed by atoms with van der Waals surface area (Å²) in [5.41, 5.74) is 1.40. The standard InChI is InChI=1S/C22H13Cl3N2O2S/c23-12-8-9-16-18(10-12)30-20(19(16)25)22(29)27-14-5-3-4-13(11-14)26-21(28)15-6-1-2-7-17(15)24/h1-11H,(H,26,28)(H,27,29). The van der Waals surface area contributed by atoms with Gasteiger partial charge in [-0.2, -0.15) is 0 Å². The first-order valence-corrected chi connectivity index (χ1v) is 10.7. The van der Waals surface area contributed by atoms with E-state index in [0.717, 1.165) is 10.1 Å². The minimum atomic E-state index is -0.341. The molecule has 0 unspecified atom stereocenters. The SMILES string of the molecule is O=C(Nc1cccc(NC(=O)c2sc3cc(Cl)ccc3c2Cl)c1)c1ccccc1Cl. The van der Waals surface area contributed by atoms with Gasteiger partial charge in [0.1, 0.15) is 4.88 Å². The molecule has 0 aliphatic carbocycles. The van der Waals surface area contributed by atoms with Gasteiger partial charge in [-0.3, -0.25) is 9.59 Å². The molecule has 150 valence electrons. The molecule has 0 saturated carbocycles. The molecule has 0 aliphatic rings. The van der Waals surface area contributed by atoms with Gasteiger partial charge in [0.15, 0.2) is 0 Å². The van der Waals surface area contributed by atoms with Crippen LogP contribution in [0.1, 0.15) is 20.0 Å². The summed E-state index contributed by atoms with van der Waals surface area (Å²) in [6.07, 6.45) is 0. The highest BCUT2D eigenvalue weighted by Crippen LogP contribution is 2.37. The van der Waals surface area contributed by atoms with E-state index in [9.17, 15) is 9.59 Å². The molecule has 0 fully saturated rings. The molecule has 1 heterocycles. The van der Waals surface area contributed by atoms with Crippen molar-refractivity contribution in [3.8, 4) is 0 Å². The molecule has 4 rings (SSSR count). The molecular weight excluding hydrogens is 463 g/mol. The van der Waals surface area contributed by atoms with Crippen LogP contribution in [-0.4, -0.2) is 11.8 Å². The van der Waals surface area contributed by atoms with Crippen molar-refractivity contribution in [2.45, 2.75) is 0 Å². The largest absolute Gasteiger partial charge is 0.322 e. The number of amides is 2. The van der Waals surface area contributed by atoms with Crippen LogP contribution >= 0.6 is 46.1 Å². The smallest absolute Gasteiger partial charge is 0.267 e. The summed E-state index contributed by atoms with van der Waals surface area (Å²) in [5, 5.41) is 7.69. The average molecular weight is 476 g/mol. The van der Waals surface area contributed by atoms with Crippen molar-refractivity contribution < 1.29 is 9.59 Å². The zero-order chi connectivity index (χ0) is 21.3. The normalized spacial score (nSPS) is 10.8. The lowest BCUT2D eigenvalue weighted by molar-refractivity contribution is 0.102. The van der Waals surface area contributed by atoms with Gasteiger partial charge in [0.2, 0.25) is 0 Å². The van der Waals surface area contributed by atoms with E-state index in [4.69, 9.17) is 34.8 Å². The maximum Gasteiger partial charge on any atom is 0.267 e. The van der Waals surface area contributed by atoms with Crippen molar-refractivity contribution >= 4 is 79.4 Å². The topological polar surface area (TPSA) is 58.2 Å². The number of carbonyl (C=O) groups is 2. The number of anilines is 2. The van der Waals surface area contributed by atoms with Gasteiger partial charge in [-0.1, -0.05) is 59.1 Å². The highest BCUT2D eigenvalue weighted by atomic mass is 35.5. The lowest BCUT2D eigenvalue weighted by atomic mass is 10.2. The van der Waals surface area contributed by atoms with E-state index >= 15 is 0 Å². The van der Waals surface area contributed by atoms with Gasteiger partial charge in [0, 0.05) is 26.5 Å². The third-order valence-electron chi connectivity index (χ3n) is 4.29. The van der Waals surface area contributed by atoms with Gasteiger partial charge in [0.25, 0.3) is 11.8 Å². The Kier molecular flexibility index (Phi) is 5.97. The Morgan fingerprint density at radius 3 is 2.20 bits per heavy atom. The van der Waals surface area contributed by atoms with Crippen LogP contribution in [0.25, 0.3) is 10.1 Å². The number of rotatable bonds is 4. The number of hydrogen-bond acceptors (Lipinski definition) is 3. The Morgan fingerprint density at radius 2 is 1.47 bits per heavy atom. The molecule has 4 nitrogen and oxygen atoms in total. The first-order chi connectivity index (χ1) is 14.4. The molecule has 0 saturated heterocycles. The first kappa shape index (κ1) is 20.7. The summed E-state index contributed by atoms with van der Waals surface area (Å²) < 4.78 is 0.832. The van der Waals surface area contributed by atoms with E-state index in [1.807, 2.05) is 0 Å². The molecule has 0 spiro atoms. The number of nitrogens with one attached hydrogen (secondary N) is 2. The second kappa shape index (κ2) is 8.66. The number of thiophene rings is 1. The molecule has 2 N–H and O–H groups in total. The van der Waals surface area contributed by atoms with E-state index < -0.39 is 0 Å². The van der Waals surface area contributed by atoms with Crippen LogP contribution in [0.5, 0.6) is 0 Å². The quantitative estimate of drug-likeness (QED) is 0.324. The summed E-state index contributed by atoms with van der Waals surface area (Å²) in [6.45, 7) is 0. The summed E-state index contributed by atoms with van der Waals surface area (Å²) in [5.74, 6) is -0.680. The monoisotopic (exact) mass is 474 g/mol. The predicted octanol–water partition coefficient (Wildman–Crippen LogP) is 7.37. The van der Waals surface area contributed by atoms with E-state index in [2.05, 4.69) is 10.6 Å². The fraction of sp³-hybridized carbons (Fsp3) is 0. The highest BCUT2D eigenvalue weighted by Gasteiger charge is 2.18. The van der Waals surface area contributed by atoms with Crippen LogP contribution in [0, 0.1) is 0 Å². The van der Waals surface area contributed by atoms with Crippen LogP contribution in [0.4, 0.5) is 11.4 Å². The molecule has 30 heavy (non-hydrogen) atoms. The molecule has 0 aliphatic heterocycles. The lowest BCUT2D eigenvalue weighted by Gasteiger charge is -2.09. The Balaban J connectivity index is 1.53. The summed E-state index contributed by atoms with van der Waals surface area (Å²) >= 11 is 19.8. The molecule has 2 amide bonds. The zero-order valence-corrected chi connectivity index (χ0v) is 18.3. The van der Waals surface area contributed by atoms with Crippen LogP contribution < -0.4 is 10.6 Å². The maximum atomic E-state index is 12.8. The Bertz CT molecular complexity index is 1290. The third-order valence-corrected chi connectivity index (χ3v) is 6.52. The van der Waals surface area contributed by atoms with Crippen LogP contribution in [0.2, 0.25) is 15.1 Å². The Morgan fingerprint density at radius 1 is 0.767 bits per heavy atom. The molecule has 1 aromatic heterocycles. The maximum absolute atomic E-state index is 12.8. The lowest BCUT2D eigenvalue weighted by Crippen LogP contribution is -2.14. The minimum Gasteiger partial charge on any atom is -0.322 e. The number of fused-ring (bicyclic) bond motifs is 1. The van der Waals surface area contributed by atoms with Crippen molar-refractivity contribution in [3.05, 3.63) is 92.2 Å². The number of halogens is 3. The van der Waals surface area contributed by atoms with E-state index in [1.54, 1.807) is 66.7 Å². The summed E-state index contributed by atoms with van der Waals surface area (Å²) in [7, 11) is 0. The van der Waals surface area contributed by atoms with Gasteiger partial charge >= 0.3 is 0 Å². The molecule has 0 radical (unpaired) electrons. The zero-order valence-electron chi connectivity index (χ0n) is 15.2. The van der Waals surface area contributed by atoms with Crippen molar-refractivity contribution in [3.63, 3.8) is 0 Å². The first-order valence-electron chi connectivity index (χ1n) is 8.77. The van der Waals surface area contributed by atoms with E-state index in [0.29, 0.717) is 36.9 Å². The van der Waals surface area contributed by atoms with Crippen molar-refractivity contribution in [2.75, 3.05) is 10.6 Å². The van der Waals surface area contributed by atoms with Crippen molar-refractivity contribution in [1.82, 2.24) is 0 Å². The third kappa shape index (κ3) is 4.30. The van der Waals surface area contributed by atoms with Gasteiger partial charge in [-0.15, -0.1) is 11.3 Å². The molecule has 4 aromatic rings. The highest BCUT2D eigenvalue weighted by molar-refractivity contribution is 7.21. The average Bonchev–Trinajstić information content (AvgIpc) is 3.04. The number of carbonyl (C=O) groups excluding carboxylic acids is 2. The second-order valence-electron chi connectivity index (χ2n) is 6.35. The Labute approximate surface area is 191 Å². The van der Waals surface area contributed by atoms with Crippen LogP contribution in [0.15, 0.2) is 66.7 Å². The van der Waals surface area contributed by atoms with E-state index in [1.165, 1.54) is 11.3 Å². The predicted molar refractivity (Wildman–Crippen MR) is 126 cm³/mol. The van der Waals surface area contributed by atoms with E-state index in [-0.39, 0.29) is 11.8 Å². The molecular formula is C22H13Cl3N2O2S. The summed E-state index contributed by atoms with van der Waals surface area (Å²) in [6, 6.07) is 18.9. The fourth-order valence-electron chi connectivity index (χ4n) is 2.89. The number of hydrogen-bond donors (Lipinski definition) is 2. The molecule has 0 atom stereocenters. The number of benzene rings is 3. The van der Waals surface area contributed by atoms with Gasteiger partial charge in [-0.25, -0.2) is 0 Å². The second-order valence-corrected chi connectivity index (χ2v) is 8.63. The van der Waals surface area contributed by atoms with Gasteiger partial charge in [-0.05, 0) is 42.5 Å². The molecule has 0 bridgehead atoms. The van der Waals surface area contributed by atoms with Crippen LogP contribution in [-0.2, 0) is 0 Å². The van der Waals surface area contributed by atoms with Crippen LogP contribution in [0.3, 0.4) is 0 Å². The van der Waals surface area contributed by atoms with Gasteiger partial charge in [0.05, 0.1) is 15.6 Å².